The largest absolute Gasteiger partial charge is 0.481 e. The van der Waals surface area contributed by atoms with Crippen LogP contribution in [0.1, 0.15) is 91.9 Å². The van der Waals surface area contributed by atoms with E-state index < -0.39 is 11.4 Å². The van der Waals surface area contributed by atoms with Crippen LogP contribution in [0.3, 0.4) is 0 Å². The number of Topliss-reactive ketones (excluding diaryl/α,β-unsaturated/α-hetero) is 1. The first-order valence-corrected chi connectivity index (χ1v) is 8.51. The SMILES string of the molecule is CC(C)CCCCCC(=O)CCCCCC(C)(C)C(=O)O. The van der Waals surface area contributed by atoms with E-state index in [0.29, 0.717) is 18.6 Å². The fourth-order valence-corrected chi connectivity index (χ4v) is 2.35. The smallest absolute Gasteiger partial charge is 0.309 e. The zero-order chi connectivity index (χ0) is 16.3. The molecular formula is C18H34O3. The van der Waals surface area contributed by atoms with Crippen molar-refractivity contribution < 1.29 is 14.7 Å². The summed E-state index contributed by atoms with van der Waals surface area (Å²) < 4.78 is 0. The quantitative estimate of drug-likeness (QED) is 0.474. The van der Waals surface area contributed by atoms with Gasteiger partial charge in [-0.2, -0.15) is 0 Å². The molecule has 0 amide bonds. The van der Waals surface area contributed by atoms with Gasteiger partial charge in [0.1, 0.15) is 5.78 Å². The molecule has 0 saturated carbocycles. The Labute approximate surface area is 130 Å². The van der Waals surface area contributed by atoms with Crippen molar-refractivity contribution in [3.8, 4) is 0 Å². The summed E-state index contributed by atoms with van der Waals surface area (Å²) in [5, 5.41) is 9.01. The standard InChI is InChI=1S/C18H34O3/c1-15(2)11-7-5-8-12-16(19)13-9-6-10-14-18(3,4)17(20)21/h15H,5-14H2,1-4H3,(H,20,21). The maximum Gasteiger partial charge on any atom is 0.309 e. The molecule has 3 heteroatoms. The molecule has 0 aromatic heterocycles. The van der Waals surface area contributed by atoms with Crippen molar-refractivity contribution in [3.63, 3.8) is 0 Å². The normalized spacial score (nSPS) is 11.9. The minimum Gasteiger partial charge on any atom is -0.481 e. The number of carbonyl (C=O) groups is 2. The van der Waals surface area contributed by atoms with Gasteiger partial charge in [0.15, 0.2) is 0 Å². The molecule has 1 N–H and O–H groups in total. The molecule has 0 aromatic carbocycles. The fourth-order valence-electron chi connectivity index (χ4n) is 2.35. The van der Waals surface area contributed by atoms with E-state index >= 15 is 0 Å². The molecule has 3 nitrogen and oxygen atoms in total. The van der Waals surface area contributed by atoms with E-state index in [0.717, 1.165) is 44.4 Å². The highest BCUT2D eigenvalue weighted by atomic mass is 16.4. The zero-order valence-corrected chi connectivity index (χ0v) is 14.4. The number of aliphatic carboxylic acids is 1. The molecule has 0 saturated heterocycles. The van der Waals surface area contributed by atoms with Gasteiger partial charge >= 0.3 is 5.97 Å². The summed E-state index contributed by atoms with van der Waals surface area (Å²) in [4.78, 5) is 22.7. The number of unbranched alkanes of at least 4 members (excludes halogenated alkanes) is 4. The molecule has 0 spiro atoms. The summed E-state index contributed by atoms with van der Waals surface area (Å²) in [5.41, 5.74) is -0.638. The van der Waals surface area contributed by atoms with Gasteiger partial charge < -0.3 is 5.11 Å². The molecule has 0 rings (SSSR count). The van der Waals surface area contributed by atoms with Crippen molar-refractivity contribution in [2.45, 2.75) is 91.9 Å². The van der Waals surface area contributed by atoms with Gasteiger partial charge in [-0.05, 0) is 39.0 Å². The van der Waals surface area contributed by atoms with Crippen molar-refractivity contribution >= 4 is 11.8 Å². The Morgan fingerprint density at radius 2 is 1.43 bits per heavy atom. The lowest BCUT2D eigenvalue weighted by atomic mass is 9.87. The van der Waals surface area contributed by atoms with Gasteiger partial charge in [0.05, 0.1) is 5.41 Å². The Morgan fingerprint density at radius 3 is 1.90 bits per heavy atom. The summed E-state index contributed by atoms with van der Waals surface area (Å²) in [6.45, 7) is 7.99. The van der Waals surface area contributed by atoms with Crippen LogP contribution in [-0.4, -0.2) is 16.9 Å². The second-order valence-corrected chi connectivity index (χ2v) is 7.28. The zero-order valence-electron chi connectivity index (χ0n) is 14.4. The minimum atomic E-state index is -0.736. The van der Waals surface area contributed by atoms with Crippen LogP contribution in [0.2, 0.25) is 0 Å². The Hall–Kier alpha value is -0.860. The van der Waals surface area contributed by atoms with Gasteiger partial charge in [-0.3, -0.25) is 9.59 Å². The van der Waals surface area contributed by atoms with E-state index in [1.54, 1.807) is 13.8 Å². The van der Waals surface area contributed by atoms with Crippen molar-refractivity contribution in [2.75, 3.05) is 0 Å². The van der Waals surface area contributed by atoms with E-state index in [9.17, 15) is 9.59 Å². The van der Waals surface area contributed by atoms with Crippen LogP contribution in [0, 0.1) is 11.3 Å². The monoisotopic (exact) mass is 298 g/mol. The molecule has 0 aliphatic carbocycles. The summed E-state index contributed by atoms with van der Waals surface area (Å²) in [6.07, 6.45) is 9.50. The lowest BCUT2D eigenvalue weighted by Gasteiger charge is -2.18. The number of carbonyl (C=O) groups excluding carboxylic acids is 1. The number of rotatable bonds is 13. The highest BCUT2D eigenvalue weighted by Crippen LogP contribution is 2.24. The number of ketones is 1. The molecule has 0 radical (unpaired) electrons. The van der Waals surface area contributed by atoms with Gasteiger partial charge in [-0.25, -0.2) is 0 Å². The highest BCUT2D eigenvalue weighted by molar-refractivity contribution is 5.78. The fraction of sp³-hybridized carbons (Fsp3) is 0.889. The van der Waals surface area contributed by atoms with Crippen molar-refractivity contribution in [3.05, 3.63) is 0 Å². The van der Waals surface area contributed by atoms with E-state index in [2.05, 4.69) is 13.8 Å². The van der Waals surface area contributed by atoms with Crippen molar-refractivity contribution in [1.82, 2.24) is 0 Å². The third-order valence-corrected chi connectivity index (χ3v) is 4.07. The van der Waals surface area contributed by atoms with Crippen LogP contribution in [0.5, 0.6) is 0 Å². The first-order chi connectivity index (χ1) is 9.75. The maximum absolute atomic E-state index is 11.7. The number of carboxylic acids is 1. The van der Waals surface area contributed by atoms with Gasteiger partial charge in [-0.1, -0.05) is 46.0 Å². The molecule has 124 valence electrons. The molecule has 0 aromatic rings. The van der Waals surface area contributed by atoms with Crippen LogP contribution in [0.15, 0.2) is 0 Å². The van der Waals surface area contributed by atoms with Crippen LogP contribution < -0.4 is 0 Å². The lowest BCUT2D eigenvalue weighted by Crippen LogP contribution is -2.23. The second-order valence-electron chi connectivity index (χ2n) is 7.28. The molecule has 0 fully saturated rings. The van der Waals surface area contributed by atoms with Gasteiger partial charge in [0, 0.05) is 12.8 Å². The average molecular weight is 298 g/mol. The molecule has 0 heterocycles. The van der Waals surface area contributed by atoms with E-state index in [-0.39, 0.29) is 0 Å². The molecule has 0 bridgehead atoms. The number of hydrogen-bond acceptors (Lipinski definition) is 2. The molecular weight excluding hydrogens is 264 g/mol. The van der Waals surface area contributed by atoms with Crippen molar-refractivity contribution in [1.29, 1.82) is 0 Å². The predicted octanol–water partition coefficient (Wildman–Crippen LogP) is 5.22. The predicted molar refractivity (Wildman–Crippen MR) is 87.4 cm³/mol. The van der Waals surface area contributed by atoms with Gasteiger partial charge in [0.2, 0.25) is 0 Å². The van der Waals surface area contributed by atoms with Crippen molar-refractivity contribution in [2.24, 2.45) is 11.3 Å². The van der Waals surface area contributed by atoms with Crippen LogP contribution in [0.25, 0.3) is 0 Å². The maximum atomic E-state index is 11.7. The van der Waals surface area contributed by atoms with E-state index in [1.807, 2.05) is 0 Å². The summed E-state index contributed by atoms with van der Waals surface area (Å²) >= 11 is 0. The number of carboxylic acid groups (broad SMARTS) is 1. The van der Waals surface area contributed by atoms with Crippen LogP contribution in [-0.2, 0) is 9.59 Å². The topological polar surface area (TPSA) is 54.4 Å². The van der Waals surface area contributed by atoms with Gasteiger partial charge in [0.25, 0.3) is 0 Å². The Kier molecular flexibility index (Phi) is 10.4. The molecule has 0 atom stereocenters. The van der Waals surface area contributed by atoms with E-state index in [1.165, 1.54) is 12.8 Å². The highest BCUT2D eigenvalue weighted by Gasteiger charge is 2.25. The second kappa shape index (κ2) is 10.8. The lowest BCUT2D eigenvalue weighted by molar-refractivity contribution is -0.147. The molecule has 0 unspecified atom stereocenters. The van der Waals surface area contributed by atoms with E-state index in [4.69, 9.17) is 5.11 Å². The summed E-state index contributed by atoms with van der Waals surface area (Å²) in [7, 11) is 0. The third-order valence-electron chi connectivity index (χ3n) is 4.07. The third kappa shape index (κ3) is 11.5. The Bertz CT molecular complexity index is 306. The molecule has 21 heavy (non-hydrogen) atoms. The first-order valence-electron chi connectivity index (χ1n) is 8.51. The summed E-state index contributed by atoms with van der Waals surface area (Å²) in [6, 6.07) is 0. The summed E-state index contributed by atoms with van der Waals surface area (Å²) in [5.74, 6) is 0.396. The minimum absolute atomic E-state index is 0.372. The average Bonchev–Trinajstić information content (AvgIpc) is 2.37. The number of hydrogen-bond donors (Lipinski definition) is 1. The Morgan fingerprint density at radius 1 is 0.905 bits per heavy atom. The molecule has 0 aliphatic heterocycles. The van der Waals surface area contributed by atoms with Gasteiger partial charge in [-0.15, -0.1) is 0 Å². The Balaban J connectivity index is 3.48. The van der Waals surface area contributed by atoms with Crippen LogP contribution >= 0.6 is 0 Å². The molecule has 0 aliphatic rings. The first kappa shape index (κ1) is 20.1. The van der Waals surface area contributed by atoms with Crippen LogP contribution in [0.4, 0.5) is 0 Å².